The van der Waals surface area contributed by atoms with Gasteiger partial charge in [0.15, 0.2) is 0 Å². The lowest BCUT2D eigenvalue weighted by atomic mass is 10.1. The van der Waals surface area contributed by atoms with Gasteiger partial charge in [-0.3, -0.25) is 9.59 Å². The lowest BCUT2D eigenvalue weighted by molar-refractivity contribution is 0.0987. The zero-order valence-corrected chi connectivity index (χ0v) is 15.4. The number of nitrogens with zero attached hydrogens (tertiary/aromatic N) is 2. The summed E-state index contributed by atoms with van der Waals surface area (Å²) in [5, 5.41) is 7.78. The summed E-state index contributed by atoms with van der Waals surface area (Å²) in [4.78, 5) is 26.4. The Labute approximate surface area is 167 Å². The number of carbonyl (C=O) groups excluding carboxylic acids is 2. The second-order valence-electron chi connectivity index (χ2n) is 6.81. The molecule has 0 aromatic heterocycles. The summed E-state index contributed by atoms with van der Waals surface area (Å²) in [6.45, 7) is 0. The molecule has 0 bridgehead atoms. The molecule has 0 fully saturated rings. The summed E-state index contributed by atoms with van der Waals surface area (Å²) in [5.74, 6) is -0.459. The largest absolute Gasteiger partial charge is 0.287 e. The number of hydrogen-bond donors (Lipinski definition) is 0. The molecule has 29 heavy (non-hydrogen) atoms. The van der Waals surface area contributed by atoms with E-state index in [2.05, 4.69) is 5.10 Å². The van der Waals surface area contributed by atoms with Crippen LogP contribution in [0.5, 0.6) is 0 Å². The normalized spacial score (nSPS) is 13.8. The van der Waals surface area contributed by atoms with Crippen molar-refractivity contribution in [2.45, 2.75) is 0 Å². The lowest BCUT2D eigenvalue weighted by Gasteiger charge is -2.18. The Hall–Kier alpha value is -4.05. The molecule has 138 valence electrons. The van der Waals surface area contributed by atoms with E-state index in [-0.39, 0.29) is 17.4 Å². The van der Waals surface area contributed by atoms with Crippen LogP contribution in [0.15, 0.2) is 102 Å². The maximum Gasteiger partial charge on any atom is 0.278 e. The fourth-order valence-corrected chi connectivity index (χ4v) is 3.67. The molecular weight excluding hydrogens is 360 g/mol. The summed E-state index contributed by atoms with van der Waals surface area (Å²) in [6, 6.07) is 29.5. The molecule has 0 saturated carbocycles. The SMILES string of the molecule is O=C1/C(=N/N(C(=O)c2ccccc2)c2ccccc2)c2cccc3cccc1c23. The number of rotatable bonds is 3. The fraction of sp³-hybridized carbons (Fsp3) is 0. The highest BCUT2D eigenvalue weighted by Crippen LogP contribution is 2.32. The summed E-state index contributed by atoms with van der Waals surface area (Å²) in [6.07, 6.45) is 0. The Morgan fingerprint density at radius 2 is 1.31 bits per heavy atom. The standard InChI is InChI=1S/C25H16N2O2/c28-24-21-16-8-12-17-11-7-15-20(22(17)21)23(24)26-27(19-13-5-2-6-14-19)25(29)18-9-3-1-4-10-18/h1-16H/b26-23+. The molecule has 4 heteroatoms. The van der Waals surface area contributed by atoms with E-state index in [1.165, 1.54) is 5.01 Å². The van der Waals surface area contributed by atoms with E-state index in [1.54, 1.807) is 36.4 Å². The number of benzene rings is 4. The van der Waals surface area contributed by atoms with Crippen LogP contribution in [0.4, 0.5) is 5.69 Å². The van der Waals surface area contributed by atoms with E-state index in [1.807, 2.05) is 60.7 Å². The average molecular weight is 376 g/mol. The van der Waals surface area contributed by atoms with Crippen LogP contribution in [0.25, 0.3) is 10.8 Å². The summed E-state index contributed by atoms with van der Waals surface area (Å²) in [7, 11) is 0. The Morgan fingerprint density at radius 1 is 0.690 bits per heavy atom. The minimum atomic E-state index is -0.291. The Balaban J connectivity index is 1.69. The molecule has 0 atom stereocenters. The van der Waals surface area contributed by atoms with E-state index in [9.17, 15) is 9.59 Å². The van der Waals surface area contributed by atoms with Crippen molar-refractivity contribution in [1.82, 2.24) is 0 Å². The molecule has 0 aliphatic heterocycles. The summed E-state index contributed by atoms with van der Waals surface area (Å²) >= 11 is 0. The van der Waals surface area contributed by atoms with Gasteiger partial charge in [0.2, 0.25) is 5.78 Å². The van der Waals surface area contributed by atoms with Crippen LogP contribution < -0.4 is 5.01 Å². The van der Waals surface area contributed by atoms with Gasteiger partial charge in [-0.25, -0.2) is 0 Å². The second-order valence-corrected chi connectivity index (χ2v) is 6.81. The molecule has 0 radical (unpaired) electrons. The number of hydrazone groups is 1. The van der Waals surface area contributed by atoms with Crippen molar-refractivity contribution in [3.05, 3.63) is 114 Å². The molecule has 0 unspecified atom stereocenters. The molecule has 1 amide bonds. The lowest BCUT2D eigenvalue weighted by Crippen LogP contribution is -2.28. The maximum absolute atomic E-state index is 13.3. The van der Waals surface area contributed by atoms with Crippen molar-refractivity contribution in [2.24, 2.45) is 5.10 Å². The summed E-state index contributed by atoms with van der Waals surface area (Å²) in [5.41, 5.74) is 2.76. The summed E-state index contributed by atoms with van der Waals surface area (Å²) < 4.78 is 0. The predicted octanol–water partition coefficient (Wildman–Crippen LogP) is 5.09. The molecule has 0 heterocycles. The van der Waals surface area contributed by atoms with Crippen molar-refractivity contribution in [2.75, 3.05) is 5.01 Å². The van der Waals surface area contributed by atoms with Gasteiger partial charge in [-0.05, 0) is 29.7 Å². The van der Waals surface area contributed by atoms with Gasteiger partial charge in [-0.15, -0.1) is 0 Å². The van der Waals surface area contributed by atoms with E-state index in [0.717, 1.165) is 16.3 Å². The molecular formula is C25H16N2O2. The minimum absolute atomic E-state index is 0.168. The highest BCUT2D eigenvalue weighted by molar-refractivity contribution is 6.59. The van der Waals surface area contributed by atoms with E-state index in [0.29, 0.717) is 16.8 Å². The quantitative estimate of drug-likeness (QED) is 0.468. The zero-order chi connectivity index (χ0) is 19.8. The highest BCUT2D eigenvalue weighted by atomic mass is 16.2. The Morgan fingerprint density at radius 3 is 2.00 bits per heavy atom. The topological polar surface area (TPSA) is 49.7 Å². The van der Waals surface area contributed by atoms with Crippen LogP contribution in [0.2, 0.25) is 0 Å². The van der Waals surface area contributed by atoms with Crippen molar-refractivity contribution in [3.63, 3.8) is 0 Å². The van der Waals surface area contributed by atoms with Crippen LogP contribution >= 0.6 is 0 Å². The number of para-hydroxylation sites is 1. The molecule has 0 N–H and O–H groups in total. The molecule has 4 aromatic rings. The first-order valence-corrected chi connectivity index (χ1v) is 9.34. The molecule has 4 nitrogen and oxygen atoms in total. The van der Waals surface area contributed by atoms with Crippen LogP contribution in [-0.2, 0) is 0 Å². The van der Waals surface area contributed by atoms with Gasteiger partial charge in [0.05, 0.1) is 5.69 Å². The number of hydrogen-bond acceptors (Lipinski definition) is 3. The van der Waals surface area contributed by atoms with E-state index in [4.69, 9.17) is 0 Å². The third-order valence-electron chi connectivity index (χ3n) is 5.03. The van der Waals surface area contributed by atoms with Crippen LogP contribution in [0, 0.1) is 0 Å². The van der Waals surface area contributed by atoms with Gasteiger partial charge in [0, 0.05) is 22.1 Å². The Bertz CT molecular complexity index is 1270. The van der Waals surface area contributed by atoms with Gasteiger partial charge in [-0.2, -0.15) is 10.1 Å². The monoisotopic (exact) mass is 376 g/mol. The zero-order valence-electron chi connectivity index (χ0n) is 15.4. The van der Waals surface area contributed by atoms with Gasteiger partial charge in [-0.1, -0.05) is 72.8 Å². The van der Waals surface area contributed by atoms with E-state index >= 15 is 0 Å². The van der Waals surface area contributed by atoms with Crippen molar-refractivity contribution in [1.29, 1.82) is 0 Å². The average Bonchev–Trinajstić information content (AvgIpc) is 3.06. The number of anilines is 1. The molecule has 5 rings (SSSR count). The molecule has 4 aromatic carbocycles. The van der Waals surface area contributed by atoms with Gasteiger partial charge >= 0.3 is 0 Å². The minimum Gasteiger partial charge on any atom is -0.287 e. The fourth-order valence-electron chi connectivity index (χ4n) is 3.67. The predicted molar refractivity (Wildman–Crippen MR) is 115 cm³/mol. The molecule has 1 aliphatic rings. The number of carbonyl (C=O) groups is 2. The third kappa shape index (κ3) is 2.82. The molecule has 1 aliphatic carbocycles. The first-order chi connectivity index (χ1) is 14.2. The maximum atomic E-state index is 13.3. The molecule has 0 saturated heterocycles. The Kier molecular flexibility index (Phi) is 4.03. The number of amides is 1. The van der Waals surface area contributed by atoms with Gasteiger partial charge in [0.25, 0.3) is 5.91 Å². The van der Waals surface area contributed by atoms with Gasteiger partial charge < -0.3 is 0 Å². The van der Waals surface area contributed by atoms with E-state index < -0.39 is 0 Å². The third-order valence-corrected chi connectivity index (χ3v) is 5.03. The molecule has 0 spiro atoms. The first kappa shape index (κ1) is 17.1. The van der Waals surface area contributed by atoms with Crippen LogP contribution in [-0.4, -0.2) is 17.4 Å². The van der Waals surface area contributed by atoms with Crippen molar-refractivity contribution >= 4 is 33.9 Å². The van der Waals surface area contributed by atoms with Crippen LogP contribution in [0.3, 0.4) is 0 Å². The van der Waals surface area contributed by atoms with Crippen molar-refractivity contribution in [3.8, 4) is 0 Å². The van der Waals surface area contributed by atoms with Gasteiger partial charge in [0.1, 0.15) is 5.71 Å². The number of Topliss-reactive ketones (excluding diaryl/α,β-unsaturated/α-hetero) is 1. The highest BCUT2D eigenvalue weighted by Gasteiger charge is 2.30. The second kappa shape index (κ2) is 6.84. The smallest absolute Gasteiger partial charge is 0.278 e. The first-order valence-electron chi connectivity index (χ1n) is 9.34. The van der Waals surface area contributed by atoms with Crippen LogP contribution in [0.1, 0.15) is 26.3 Å². The van der Waals surface area contributed by atoms with Crippen molar-refractivity contribution < 1.29 is 9.59 Å². The number of ketones is 1.